The molecule has 0 aromatic carbocycles. The minimum absolute atomic E-state index is 0.258. The molecule has 0 aliphatic heterocycles. The number of Topliss-reactive ketones (excluding diaryl/α,β-unsaturated/α-hetero) is 1. The van der Waals surface area contributed by atoms with Gasteiger partial charge in [0.05, 0.1) is 5.51 Å². The Morgan fingerprint density at radius 3 is 3.00 bits per heavy atom. The third kappa shape index (κ3) is 1.73. The highest BCUT2D eigenvalue weighted by molar-refractivity contribution is 7.07. The van der Waals surface area contributed by atoms with E-state index >= 15 is 0 Å². The first-order valence-electron chi connectivity index (χ1n) is 5.74. The molecule has 2 saturated carbocycles. The summed E-state index contributed by atoms with van der Waals surface area (Å²) in [5.41, 5.74) is 2.43. The van der Waals surface area contributed by atoms with Gasteiger partial charge in [-0.15, -0.1) is 11.3 Å². The molecule has 2 bridgehead atoms. The summed E-state index contributed by atoms with van der Waals surface area (Å²) in [4.78, 5) is 16.0. The second kappa shape index (κ2) is 3.71. The van der Waals surface area contributed by atoms with Gasteiger partial charge in [0, 0.05) is 11.8 Å². The summed E-state index contributed by atoms with van der Waals surface area (Å²) < 4.78 is 0. The minimum atomic E-state index is 0.258. The molecular formula is C12H15NOS. The number of rotatable bonds is 3. The van der Waals surface area contributed by atoms with Crippen molar-refractivity contribution in [3.8, 4) is 0 Å². The fourth-order valence-corrected chi connectivity index (χ4v) is 3.88. The fourth-order valence-electron chi connectivity index (χ4n) is 3.32. The molecule has 3 heteroatoms. The van der Waals surface area contributed by atoms with Gasteiger partial charge in [-0.25, -0.2) is 4.98 Å². The summed E-state index contributed by atoms with van der Waals surface area (Å²) in [6.45, 7) is 0. The van der Waals surface area contributed by atoms with Gasteiger partial charge >= 0.3 is 0 Å². The summed E-state index contributed by atoms with van der Waals surface area (Å²) in [6, 6.07) is 0. The first-order chi connectivity index (χ1) is 7.33. The van der Waals surface area contributed by atoms with E-state index in [0.717, 1.165) is 18.3 Å². The molecule has 3 rings (SSSR count). The Hall–Kier alpha value is -0.700. The fraction of sp³-hybridized carbons (Fsp3) is 0.667. The van der Waals surface area contributed by atoms with Gasteiger partial charge in [0.2, 0.25) is 0 Å². The Balaban J connectivity index is 1.64. The Morgan fingerprint density at radius 1 is 1.47 bits per heavy atom. The zero-order chi connectivity index (χ0) is 10.3. The third-order valence-electron chi connectivity index (χ3n) is 4.05. The van der Waals surface area contributed by atoms with Crippen LogP contribution in [0.15, 0.2) is 10.9 Å². The van der Waals surface area contributed by atoms with E-state index in [1.807, 2.05) is 5.38 Å². The van der Waals surface area contributed by atoms with Crippen LogP contribution in [0.25, 0.3) is 0 Å². The van der Waals surface area contributed by atoms with Crippen molar-refractivity contribution in [3.05, 3.63) is 16.6 Å². The van der Waals surface area contributed by atoms with Crippen LogP contribution in [0.3, 0.4) is 0 Å². The predicted octanol–water partition coefficient (Wildman–Crippen LogP) is 3.15. The number of thiazole rings is 1. The van der Waals surface area contributed by atoms with Crippen LogP contribution in [0.4, 0.5) is 0 Å². The van der Waals surface area contributed by atoms with Crippen LogP contribution in [-0.2, 0) is 0 Å². The summed E-state index contributed by atoms with van der Waals surface area (Å²) in [5.74, 6) is 2.70. The number of aromatic nitrogens is 1. The van der Waals surface area contributed by atoms with E-state index < -0.39 is 0 Å². The van der Waals surface area contributed by atoms with E-state index in [0.29, 0.717) is 11.6 Å². The van der Waals surface area contributed by atoms with Crippen LogP contribution in [0.1, 0.15) is 42.6 Å². The molecule has 0 amide bonds. The van der Waals surface area contributed by atoms with E-state index in [4.69, 9.17) is 0 Å². The molecular weight excluding hydrogens is 206 g/mol. The Labute approximate surface area is 93.7 Å². The monoisotopic (exact) mass is 221 g/mol. The summed E-state index contributed by atoms with van der Waals surface area (Å²) in [7, 11) is 0. The van der Waals surface area contributed by atoms with E-state index in [9.17, 15) is 4.79 Å². The molecule has 1 aromatic rings. The van der Waals surface area contributed by atoms with E-state index in [-0.39, 0.29) is 5.78 Å². The average molecular weight is 221 g/mol. The molecule has 80 valence electrons. The highest BCUT2D eigenvalue weighted by Crippen LogP contribution is 2.49. The second-order valence-corrected chi connectivity index (χ2v) is 5.65. The summed E-state index contributed by atoms with van der Waals surface area (Å²) >= 11 is 1.51. The van der Waals surface area contributed by atoms with Gasteiger partial charge in [-0.1, -0.05) is 6.42 Å². The van der Waals surface area contributed by atoms with Crippen LogP contribution in [0, 0.1) is 17.8 Å². The van der Waals surface area contributed by atoms with Gasteiger partial charge in [0.1, 0.15) is 5.69 Å². The van der Waals surface area contributed by atoms with E-state index in [1.54, 1.807) is 5.51 Å². The van der Waals surface area contributed by atoms with Crippen LogP contribution in [0.2, 0.25) is 0 Å². The zero-order valence-electron chi connectivity index (χ0n) is 8.69. The molecule has 2 nitrogen and oxygen atoms in total. The lowest BCUT2D eigenvalue weighted by atomic mass is 9.85. The largest absolute Gasteiger partial charge is 0.292 e. The van der Waals surface area contributed by atoms with Gasteiger partial charge in [-0.2, -0.15) is 0 Å². The standard InChI is InChI=1S/C12H15NOS/c14-12(11-6-15-7-13-11)5-10-4-8-1-2-9(10)3-8/h6-10H,1-5H2. The molecule has 15 heavy (non-hydrogen) atoms. The minimum Gasteiger partial charge on any atom is -0.292 e. The first-order valence-corrected chi connectivity index (χ1v) is 6.68. The number of nitrogens with zero attached hydrogens (tertiary/aromatic N) is 1. The lowest BCUT2D eigenvalue weighted by Crippen LogP contribution is -2.15. The normalized spacial score (nSPS) is 33.5. The molecule has 2 aliphatic rings. The van der Waals surface area contributed by atoms with Crippen LogP contribution in [-0.4, -0.2) is 10.8 Å². The number of hydrogen-bond acceptors (Lipinski definition) is 3. The molecule has 1 heterocycles. The summed E-state index contributed by atoms with van der Waals surface area (Å²) in [6.07, 6.45) is 6.19. The maximum absolute atomic E-state index is 11.9. The molecule has 0 saturated heterocycles. The number of ketones is 1. The Kier molecular flexibility index (Phi) is 2.35. The molecule has 0 spiro atoms. The van der Waals surface area contributed by atoms with Gasteiger partial charge < -0.3 is 0 Å². The topological polar surface area (TPSA) is 30.0 Å². The predicted molar refractivity (Wildman–Crippen MR) is 60.0 cm³/mol. The summed E-state index contributed by atoms with van der Waals surface area (Å²) in [5, 5.41) is 1.87. The van der Waals surface area contributed by atoms with E-state index in [1.165, 1.54) is 37.0 Å². The smallest absolute Gasteiger partial charge is 0.182 e. The Bertz CT molecular complexity index is 360. The molecule has 2 aliphatic carbocycles. The van der Waals surface area contributed by atoms with Gasteiger partial charge in [-0.3, -0.25) is 4.79 Å². The number of hydrogen-bond donors (Lipinski definition) is 0. The van der Waals surface area contributed by atoms with Crippen LogP contribution >= 0.6 is 11.3 Å². The van der Waals surface area contributed by atoms with Crippen molar-refractivity contribution >= 4 is 17.1 Å². The van der Waals surface area contributed by atoms with Gasteiger partial charge in [0.15, 0.2) is 5.78 Å². The highest BCUT2D eigenvalue weighted by atomic mass is 32.1. The molecule has 3 unspecified atom stereocenters. The van der Waals surface area contributed by atoms with Crippen molar-refractivity contribution in [3.63, 3.8) is 0 Å². The molecule has 0 N–H and O–H groups in total. The van der Waals surface area contributed by atoms with Crippen molar-refractivity contribution < 1.29 is 4.79 Å². The van der Waals surface area contributed by atoms with Crippen molar-refractivity contribution in [2.75, 3.05) is 0 Å². The molecule has 0 radical (unpaired) electrons. The second-order valence-electron chi connectivity index (χ2n) is 4.94. The molecule has 2 fully saturated rings. The highest BCUT2D eigenvalue weighted by Gasteiger charge is 2.40. The lowest BCUT2D eigenvalue weighted by molar-refractivity contribution is 0.0940. The van der Waals surface area contributed by atoms with Crippen molar-refractivity contribution in [1.29, 1.82) is 0 Å². The SMILES string of the molecule is O=C(CC1CC2CCC1C2)c1cscn1. The van der Waals surface area contributed by atoms with Crippen molar-refractivity contribution in [1.82, 2.24) is 4.98 Å². The lowest BCUT2D eigenvalue weighted by Gasteiger charge is -2.20. The molecule has 1 aromatic heterocycles. The average Bonchev–Trinajstić information content (AvgIpc) is 2.95. The quantitative estimate of drug-likeness (QED) is 0.734. The number of fused-ring (bicyclic) bond motifs is 2. The Morgan fingerprint density at radius 2 is 2.40 bits per heavy atom. The number of carbonyl (C=O) groups is 1. The van der Waals surface area contributed by atoms with Crippen molar-refractivity contribution in [2.45, 2.75) is 32.1 Å². The van der Waals surface area contributed by atoms with Crippen LogP contribution in [0.5, 0.6) is 0 Å². The van der Waals surface area contributed by atoms with Crippen molar-refractivity contribution in [2.24, 2.45) is 17.8 Å². The van der Waals surface area contributed by atoms with E-state index in [2.05, 4.69) is 4.98 Å². The number of carbonyl (C=O) groups excluding carboxylic acids is 1. The first kappa shape index (κ1) is 9.52. The van der Waals surface area contributed by atoms with Crippen LogP contribution < -0.4 is 0 Å². The maximum Gasteiger partial charge on any atom is 0.182 e. The van der Waals surface area contributed by atoms with Gasteiger partial charge in [0.25, 0.3) is 0 Å². The third-order valence-corrected chi connectivity index (χ3v) is 4.64. The zero-order valence-corrected chi connectivity index (χ0v) is 9.50. The maximum atomic E-state index is 11.9. The van der Waals surface area contributed by atoms with Gasteiger partial charge in [-0.05, 0) is 37.0 Å². The molecule has 3 atom stereocenters.